The molecule has 0 fully saturated rings. The Bertz CT molecular complexity index is 464. The first-order valence-electron chi connectivity index (χ1n) is 7.83. The van der Waals surface area contributed by atoms with E-state index in [9.17, 15) is 4.79 Å². The number of hydrogen-bond donors (Lipinski definition) is 1. The molecule has 0 spiro atoms. The van der Waals surface area contributed by atoms with E-state index in [1.54, 1.807) is 0 Å². The largest absolute Gasteiger partial charge is 0.493 e. The molecule has 0 aliphatic heterocycles. The van der Waals surface area contributed by atoms with Gasteiger partial charge in [0.1, 0.15) is 5.75 Å². The maximum atomic E-state index is 11.0. The molecule has 1 aromatic rings. The summed E-state index contributed by atoms with van der Waals surface area (Å²) in [6, 6.07) is 6.13. The van der Waals surface area contributed by atoms with E-state index in [2.05, 4.69) is 33.8 Å². The molecular formula is C18H28O3. The van der Waals surface area contributed by atoms with Crippen LogP contribution in [0.3, 0.4) is 0 Å². The highest BCUT2D eigenvalue weighted by Gasteiger charge is 2.17. The Labute approximate surface area is 128 Å². The minimum Gasteiger partial charge on any atom is -0.493 e. The van der Waals surface area contributed by atoms with E-state index in [-0.39, 0.29) is 12.3 Å². The van der Waals surface area contributed by atoms with Crippen LogP contribution in [0.4, 0.5) is 0 Å². The van der Waals surface area contributed by atoms with E-state index in [0.717, 1.165) is 23.3 Å². The van der Waals surface area contributed by atoms with Gasteiger partial charge in [-0.05, 0) is 41.4 Å². The SMILES string of the molecule is CCC(CC(=O)O)c1ccc(OCC(C)C)c(C(C)C)c1. The second-order valence-electron chi connectivity index (χ2n) is 6.36. The number of aliphatic carboxylic acids is 1. The van der Waals surface area contributed by atoms with Gasteiger partial charge in [-0.15, -0.1) is 0 Å². The molecule has 0 aliphatic carbocycles. The molecule has 118 valence electrons. The second kappa shape index (κ2) is 8.06. The Morgan fingerprint density at radius 1 is 1.24 bits per heavy atom. The van der Waals surface area contributed by atoms with E-state index in [0.29, 0.717) is 18.4 Å². The Hall–Kier alpha value is -1.51. The summed E-state index contributed by atoms with van der Waals surface area (Å²) < 4.78 is 5.89. The van der Waals surface area contributed by atoms with Gasteiger partial charge in [-0.3, -0.25) is 4.79 Å². The van der Waals surface area contributed by atoms with Crippen LogP contribution in [0, 0.1) is 5.92 Å². The van der Waals surface area contributed by atoms with Gasteiger partial charge in [0.15, 0.2) is 0 Å². The van der Waals surface area contributed by atoms with E-state index in [4.69, 9.17) is 9.84 Å². The summed E-state index contributed by atoms with van der Waals surface area (Å²) in [6.07, 6.45) is 1.01. The molecule has 1 N–H and O–H groups in total. The maximum absolute atomic E-state index is 11.0. The first kappa shape index (κ1) is 17.5. The van der Waals surface area contributed by atoms with Crippen LogP contribution in [0.2, 0.25) is 0 Å². The summed E-state index contributed by atoms with van der Waals surface area (Å²) in [7, 11) is 0. The van der Waals surface area contributed by atoms with Gasteiger partial charge in [0.2, 0.25) is 0 Å². The van der Waals surface area contributed by atoms with Gasteiger partial charge in [-0.2, -0.15) is 0 Å². The summed E-state index contributed by atoms with van der Waals surface area (Å²) >= 11 is 0. The van der Waals surface area contributed by atoms with Crippen molar-refractivity contribution in [1.82, 2.24) is 0 Å². The van der Waals surface area contributed by atoms with Crippen molar-refractivity contribution in [3.8, 4) is 5.75 Å². The second-order valence-corrected chi connectivity index (χ2v) is 6.36. The van der Waals surface area contributed by atoms with Crippen LogP contribution in [-0.4, -0.2) is 17.7 Å². The van der Waals surface area contributed by atoms with E-state index < -0.39 is 5.97 Å². The molecule has 0 amide bonds. The van der Waals surface area contributed by atoms with E-state index in [1.165, 1.54) is 0 Å². The summed E-state index contributed by atoms with van der Waals surface area (Å²) in [5.41, 5.74) is 2.26. The molecular weight excluding hydrogens is 264 g/mol. The molecule has 1 unspecified atom stereocenters. The van der Waals surface area contributed by atoms with Crippen molar-refractivity contribution in [3.05, 3.63) is 29.3 Å². The average molecular weight is 292 g/mol. The van der Waals surface area contributed by atoms with Gasteiger partial charge in [0, 0.05) is 0 Å². The first-order valence-corrected chi connectivity index (χ1v) is 7.83. The monoisotopic (exact) mass is 292 g/mol. The fraction of sp³-hybridized carbons (Fsp3) is 0.611. The minimum atomic E-state index is -0.743. The van der Waals surface area contributed by atoms with Crippen LogP contribution in [0.1, 0.15) is 70.4 Å². The Kier molecular flexibility index (Phi) is 6.73. The topological polar surface area (TPSA) is 46.5 Å². The van der Waals surface area contributed by atoms with Crippen LogP contribution < -0.4 is 4.74 Å². The lowest BCUT2D eigenvalue weighted by Crippen LogP contribution is -2.09. The van der Waals surface area contributed by atoms with Crippen molar-refractivity contribution in [2.75, 3.05) is 6.61 Å². The molecule has 3 heteroatoms. The molecule has 0 radical (unpaired) electrons. The van der Waals surface area contributed by atoms with Gasteiger partial charge in [0.05, 0.1) is 13.0 Å². The number of benzene rings is 1. The summed E-state index contributed by atoms with van der Waals surface area (Å²) in [5, 5.41) is 9.03. The number of carboxylic acid groups (broad SMARTS) is 1. The highest BCUT2D eigenvalue weighted by atomic mass is 16.5. The maximum Gasteiger partial charge on any atom is 0.303 e. The normalized spacial score (nSPS) is 12.7. The summed E-state index contributed by atoms with van der Waals surface area (Å²) in [6.45, 7) is 11.3. The molecule has 1 aromatic carbocycles. The van der Waals surface area contributed by atoms with Crippen molar-refractivity contribution in [2.24, 2.45) is 5.92 Å². The fourth-order valence-electron chi connectivity index (χ4n) is 2.37. The number of carboxylic acids is 1. The third-order valence-corrected chi connectivity index (χ3v) is 3.61. The van der Waals surface area contributed by atoms with Gasteiger partial charge in [0.25, 0.3) is 0 Å². The lowest BCUT2D eigenvalue weighted by molar-refractivity contribution is -0.137. The van der Waals surface area contributed by atoms with Gasteiger partial charge >= 0.3 is 5.97 Å². The zero-order chi connectivity index (χ0) is 16.0. The lowest BCUT2D eigenvalue weighted by Gasteiger charge is -2.19. The smallest absolute Gasteiger partial charge is 0.303 e. The lowest BCUT2D eigenvalue weighted by atomic mass is 9.89. The molecule has 1 atom stereocenters. The number of rotatable bonds is 8. The zero-order valence-corrected chi connectivity index (χ0v) is 13.8. The minimum absolute atomic E-state index is 0.0687. The van der Waals surface area contributed by atoms with Crippen molar-refractivity contribution in [1.29, 1.82) is 0 Å². The number of hydrogen-bond acceptors (Lipinski definition) is 2. The first-order chi connectivity index (χ1) is 9.85. The van der Waals surface area contributed by atoms with E-state index >= 15 is 0 Å². The third-order valence-electron chi connectivity index (χ3n) is 3.61. The predicted molar refractivity (Wildman–Crippen MR) is 86.1 cm³/mol. The molecule has 0 aliphatic rings. The highest BCUT2D eigenvalue weighted by Crippen LogP contribution is 2.32. The van der Waals surface area contributed by atoms with Crippen molar-refractivity contribution < 1.29 is 14.6 Å². The molecule has 0 bridgehead atoms. The molecule has 3 nitrogen and oxygen atoms in total. The molecule has 21 heavy (non-hydrogen) atoms. The van der Waals surface area contributed by atoms with Crippen molar-refractivity contribution in [2.45, 2.75) is 59.3 Å². The zero-order valence-electron chi connectivity index (χ0n) is 13.8. The summed E-state index contributed by atoms with van der Waals surface area (Å²) in [4.78, 5) is 11.0. The van der Waals surface area contributed by atoms with Crippen molar-refractivity contribution >= 4 is 5.97 Å². The molecule has 0 saturated carbocycles. The Morgan fingerprint density at radius 2 is 1.90 bits per heavy atom. The van der Waals surface area contributed by atoms with Crippen LogP contribution in [0.25, 0.3) is 0 Å². The highest BCUT2D eigenvalue weighted by molar-refractivity contribution is 5.68. The Morgan fingerprint density at radius 3 is 2.38 bits per heavy atom. The van der Waals surface area contributed by atoms with Crippen LogP contribution in [-0.2, 0) is 4.79 Å². The average Bonchev–Trinajstić information content (AvgIpc) is 2.42. The molecule has 0 heterocycles. The van der Waals surface area contributed by atoms with Crippen LogP contribution in [0.15, 0.2) is 18.2 Å². The van der Waals surface area contributed by atoms with Crippen molar-refractivity contribution in [3.63, 3.8) is 0 Å². The van der Waals surface area contributed by atoms with Crippen LogP contribution >= 0.6 is 0 Å². The molecule has 0 aromatic heterocycles. The van der Waals surface area contributed by atoms with E-state index in [1.807, 2.05) is 19.1 Å². The van der Waals surface area contributed by atoms with Gasteiger partial charge in [-0.25, -0.2) is 0 Å². The Balaban J connectivity index is 3.03. The number of ether oxygens (including phenoxy) is 1. The standard InChI is InChI=1S/C18H28O3/c1-6-14(10-18(19)20)15-7-8-17(21-11-12(2)3)16(9-15)13(4)5/h7-9,12-14H,6,10-11H2,1-5H3,(H,19,20). The predicted octanol–water partition coefficient (Wildman–Crippen LogP) is 4.81. The third kappa shape index (κ3) is 5.41. The fourth-order valence-corrected chi connectivity index (χ4v) is 2.37. The summed E-state index contributed by atoms with van der Waals surface area (Å²) in [5.74, 6) is 1.09. The number of carbonyl (C=O) groups is 1. The quantitative estimate of drug-likeness (QED) is 0.747. The molecule has 0 saturated heterocycles. The van der Waals surface area contributed by atoms with Gasteiger partial charge in [-0.1, -0.05) is 46.8 Å². The molecule has 1 rings (SSSR count). The van der Waals surface area contributed by atoms with Crippen LogP contribution in [0.5, 0.6) is 5.75 Å². The van der Waals surface area contributed by atoms with Gasteiger partial charge < -0.3 is 9.84 Å².